The fourth-order valence-corrected chi connectivity index (χ4v) is 4.96. The van der Waals surface area contributed by atoms with Crippen LogP contribution in [0.25, 0.3) is 0 Å². The Labute approximate surface area is 162 Å². The minimum atomic E-state index is 0. The smallest absolute Gasteiger partial charge is 0.222 e. The maximum atomic E-state index is 12.6. The molecular weight excluding hydrogens is 352 g/mol. The van der Waals surface area contributed by atoms with Crippen molar-refractivity contribution >= 4 is 30.1 Å². The lowest BCUT2D eigenvalue weighted by Gasteiger charge is -2.29. The number of likely N-dealkylation sites (tertiary alicyclic amines) is 1. The highest BCUT2D eigenvalue weighted by molar-refractivity contribution is 7.99. The van der Waals surface area contributed by atoms with Gasteiger partial charge < -0.3 is 10.2 Å². The number of thioether (sulfide) groups is 1. The average molecular weight is 383 g/mol. The summed E-state index contributed by atoms with van der Waals surface area (Å²) >= 11 is 1.92. The summed E-state index contributed by atoms with van der Waals surface area (Å²) in [5.74, 6) is 3.40. The van der Waals surface area contributed by atoms with Gasteiger partial charge in [-0.05, 0) is 62.2 Å². The zero-order valence-electron chi connectivity index (χ0n) is 15.2. The van der Waals surface area contributed by atoms with Crippen molar-refractivity contribution in [2.24, 2.45) is 17.8 Å². The van der Waals surface area contributed by atoms with Gasteiger partial charge in [0.1, 0.15) is 0 Å². The zero-order chi connectivity index (χ0) is 16.8. The number of nitrogens with zero attached hydrogens (tertiary/aromatic N) is 1. The molecule has 5 heteroatoms. The molecule has 2 aliphatic rings. The maximum Gasteiger partial charge on any atom is 0.222 e. The first-order chi connectivity index (χ1) is 11.7. The molecule has 2 saturated heterocycles. The first-order valence-corrected chi connectivity index (χ1v) is 10.4. The van der Waals surface area contributed by atoms with E-state index in [-0.39, 0.29) is 12.4 Å². The van der Waals surface area contributed by atoms with Gasteiger partial charge in [-0.2, -0.15) is 0 Å². The highest BCUT2D eigenvalue weighted by atomic mass is 35.5. The van der Waals surface area contributed by atoms with Crippen LogP contribution in [0.5, 0.6) is 0 Å². The molecule has 0 aliphatic carbocycles. The number of hydrogen-bond acceptors (Lipinski definition) is 3. The van der Waals surface area contributed by atoms with Crippen LogP contribution in [0.4, 0.5) is 0 Å². The molecule has 3 nitrogen and oxygen atoms in total. The van der Waals surface area contributed by atoms with Crippen molar-refractivity contribution in [1.82, 2.24) is 10.2 Å². The molecule has 2 atom stereocenters. The third kappa shape index (κ3) is 6.19. The van der Waals surface area contributed by atoms with E-state index < -0.39 is 0 Å². The van der Waals surface area contributed by atoms with E-state index in [4.69, 9.17) is 0 Å². The van der Waals surface area contributed by atoms with E-state index in [2.05, 4.69) is 47.5 Å². The molecule has 0 aromatic heterocycles. The summed E-state index contributed by atoms with van der Waals surface area (Å²) in [6, 6.07) is 10.6. The Kier molecular flexibility index (Phi) is 8.60. The van der Waals surface area contributed by atoms with E-state index >= 15 is 0 Å². The molecular formula is C20H31ClN2OS. The fourth-order valence-electron chi connectivity index (χ4n) is 3.91. The minimum Gasteiger partial charge on any atom is -0.342 e. The largest absolute Gasteiger partial charge is 0.342 e. The summed E-state index contributed by atoms with van der Waals surface area (Å²) in [5.41, 5.74) is 0. The summed E-state index contributed by atoms with van der Waals surface area (Å²) in [5, 5.41) is 3.41. The summed E-state index contributed by atoms with van der Waals surface area (Å²) < 4.78 is 0. The van der Waals surface area contributed by atoms with Gasteiger partial charge in [0.25, 0.3) is 0 Å². The van der Waals surface area contributed by atoms with Crippen LogP contribution >= 0.6 is 24.2 Å². The molecule has 0 saturated carbocycles. The van der Waals surface area contributed by atoms with Crippen LogP contribution in [-0.2, 0) is 4.79 Å². The van der Waals surface area contributed by atoms with Gasteiger partial charge in [0, 0.05) is 30.2 Å². The Morgan fingerprint density at radius 2 is 1.96 bits per heavy atom. The van der Waals surface area contributed by atoms with Gasteiger partial charge >= 0.3 is 0 Å². The van der Waals surface area contributed by atoms with Crippen molar-refractivity contribution in [3.8, 4) is 0 Å². The SMILES string of the molecule is CC(CC(=O)N1CCC(CSc2ccccc2)C1)C1CCNCC1.Cl. The standard InChI is InChI=1S/C20H30N2OS.ClH/c1-16(18-7-10-21-11-8-18)13-20(23)22-12-9-17(14-22)15-24-19-5-3-2-4-6-19;/h2-6,16-18,21H,7-15H2,1H3;1H. The molecule has 2 aliphatic heterocycles. The van der Waals surface area contributed by atoms with Crippen molar-refractivity contribution in [2.75, 3.05) is 31.9 Å². The number of carbonyl (C=O) groups is 1. The van der Waals surface area contributed by atoms with Gasteiger partial charge in [0.2, 0.25) is 5.91 Å². The summed E-state index contributed by atoms with van der Waals surface area (Å²) in [7, 11) is 0. The van der Waals surface area contributed by atoms with Crippen LogP contribution < -0.4 is 5.32 Å². The second-order valence-corrected chi connectivity index (χ2v) is 8.48. The lowest BCUT2D eigenvalue weighted by molar-refractivity contribution is -0.131. The first kappa shape index (κ1) is 20.6. The van der Waals surface area contributed by atoms with E-state index in [1.165, 1.54) is 17.7 Å². The Hall–Kier alpha value is -0.710. The van der Waals surface area contributed by atoms with E-state index in [0.29, 0.717) is 17.7 Å². The van der Waals surface area contributed by atoms with Gasteiger partial charge in [-0.15, -0.1) is 24.2 Å². The van der Waals surface area contributed by atoms with Crippen LogP contribution in [0.15, 0.2) is 35.2 Å². The fraction of sp³-hybridized carbons (Fsp3) is 0.650. The predicted octanol–water partition coefficient (Wildman–Crippen LogP) is 4.07. The van der Waals surface area contributed by atoms with Crippen molar-refractivity contribution in [2.45, 2.75) is 37.5 Å². The predicted molar refractivity (Wildman–Crippen MR) is 108 cm³/mol. The van der Waals surface area contributed by atoms with Gasteiger partial charge in [-0.1, -0.05) is 25.1 Å². The highest BCUT2D eigenvalue weighted by Crippen LogP contribution is 2.28. The van der Waals surface area contributed by atoms with Crippen molar-refractivity contribution < 1.29 is 4.79 Å². The van der Waals surface area contributed by atoms with Crippen LogP contribution in [-0.4, -0.2) is 42.7 Å². The van der Waals surface area contributed by atoms with Crippen LogP contribution in [0.3, 0.4) is 0 Å². The maximum absolute atomic E-state index is 12.6. The number of piperidine rings is 1. The quantitative estimate of drug-likeness (QED) is 0.752. The van der Waals surface area contributed by atoms with E-state index in [1.807, 2.05) is 11.8 Å². The second kappa shape index (κ2) is 10.4. The number of benzene rings is 1. The van der Waals surface area contributed by atoms with Gasteiger partial charge in [0.15, 0.2) is 0 Å². The lowest BCUT2D eigenvalue weighted by atomic mass is 9.84. The third-order valence-electron chi connectivity index (χ3n) is 5.55. The third-order valence-corrected chi connectivity index (χ3v) is 6.80. The van der Waals surface area contributed by atoms with Gasteiger partial charge in [-0.3, -0.25) is 4.79 Å². The normalized spacial score (nSPS) is 22.4. The van der Waals surface area contributed by atoms with Gasteiger partial charge in [0.05, 0.1) is 0 Å². The van der Waals surface area contributed by atoms with Gasteiger partial charge in [-0.25, -0.2) is 0 Å². The highest BCUT2D eigenvalue weighted by Gasteiger charge is 2.29. The van der Waals surface area contributed by atoms with Crippen LogP contribution in [0, 0.1) is 17.8 Å². The Balaban J connectivity index is 0.00000225. The molecule has 2 unspecified atom stereocenters. The molecule has 0 spiro atoms. The number of amides is 1. The Morgan fingerprint density at radius 1 is 1.24 bits per heavy atom. The first-order valence-electron chi connectivity index (χ1n) is 9.38. The molecule has 25 heavy (non-hydrogen) atoms. The average Bonchev–Trinajstić information content (AvgIpc) is 3.11. The molecule has 1 amide bonds. The molecule has 2 fully saturated rings. The number of carbonyl (C=O) groups excluding carboxylic acids is 1. The molecule has 3 rings (SSSR count). The number of hydrogen-bond donors (Lipinski definition) is 1. The topological polar surface area (TPSA) is 32.3 Å². The molecule has 140 valence electrons. The monoisotopic (exact) mass is 382 g/mol. The van der Waals surface area contributed by atoms with Crippen LogP contribution in [0.2, 0.25) is 0 Å². The van der Waals surface area contributed by atoms with Crippen molar-refractivity contribution in [3.63, 3.8) is 0 Å². The molecule has 1 aromatic carbocycles. The molecule has 0 radical (unpaired) electrons. The Morgan fingerprint density at radius 3 is 2.68 bits per heavy atom. The number of halogens is 1. The van der Waals surface area contributed by atoms with Crippen LogP contribution in [0.1, 0.15) is 32.6 Å². The minimum absolute atomic E-state index is 0. The second-order valence-electron chi connectivity index (χ2n) is 7.39. The lowest BCUT2D eigenvalue weighted by Crippen LogP contribution is -2.35. The molecule has 0 bridgehead atoms. The number of nitrogens with one attached hydrogen (secondary N) is 1. The van der Waals surface area contributed by atoms with Crippen molar-refractivity contribution in [3.05, 3.63) is 30.3 Å². The van der Waals surface area contributed by atoms with E-state index in [0.717, 1.165) is 50.7 Å². The number of rotatable bonds is 6. The zero-order valence-corrected chi connectivity index (χ0v) is 16.8. The van der Waals surface area contributed by atoms with Crippen molar-refractivity contribution in [1.29, 1.82) is 0 Å². The van der Waals surface area contributed by atoms with E-state index in [9.17, 15) is 4.79 Å². The van der Waals surface area contributed by atoms with E-state index in [1.54, 1.807) is 0 Å². The molecule has 1 N–H and O–H groups in total. The summed E-state index contributed by atoms with van der Waals surface area (Å²) in [6.07, 6.45) is 4.35. The summed E-state index contributed by atoms with van der Waals surface area (Å²) in [6.45, 7) is 6.42. The summed E-state index contributed by atoms with van der Waals surface area (Å²) in [4.78, 5) is 16.1. The molecule has 2 heterocycles. The molecule has 1 aromatic rings. The Bertz CT molecular complexity index is 522.